The largest absolute Gasteiger partial charge is 0.328 e. The van der Waals surface area contributed by atoms with Gasteiger partial charge in [0.05, 0.1) is 0 Å². The standard InChI is InChI=1S/C14H19N.Y/c1-11-4-2-3-5-13(11)10-12-6-8-14(15)9-7-12;/h2-5,14H,1,6-10,15H2;/q-2;. The van der Waals surface area contributed by atoms with E-state index in [9.17, 15) is 0 Å². The fraction of sp³-hybridized carbons (Fsp3) is 0.429. The first-order valence-electron chi connectivity index (χ1n) is 5.74. The monoisotopic (exact) mass is 290 g/mol. The Kier molecular flexibility index (Phi) is 6.03. The van der Waals surface area contributed by atoms with Gasteiger partial charge >= 0.3 is 0 Å². The molecular weight excluding hydrogens is 271 g/mol. The number of nitrogens with two attached hydrogens (primary N) is 1. The van der Waals surface area contributed by atoms with Crippen LogP contribution in [0.4, 0.5) is 0 Å². The number of benzene rings is 1. The third-order valence-corrected chi connectivity index (χ3v) is 3.30. The quantitative estimate of drug-likeness (QED) is 0.833. The van der Waals surface area contributed by atoms with Gasteiger partial charge in [0, 0.05) is 32.7 Å². The summed E-state index contributed by atoms with van der Waals surface area (Å²) in [6.45, 7) is 4.06. The summed E-state index contributed by atoms with van der Waals surface area (Å²) in [7, 11) is 0. The molecule has 0 atom stereocenters. The van der Waals surface area contributed by atoms with Gasteiger partial charge < -0.3 is 11.7 Å². The molecule has 0 spiro atoms. The van der Waals surface area contributed by atoms with Crippen LogP contribution < -0.4 is 5.73 Å². The van der Waals surface area contributed by atoms with E-state index in [1.165, 1.54) is 24.0 Å². The maximum atomic E-state index is 5.89. The molecule has 1 aromatic carbocycles. The van der Waals surface area contributed by atoms with Gasteiger partial charge in [0.15, 0.2) is 0 Å². The minimum Gasteiger partial charge on any atom is -0.328 e. The van der Waals surface area contributed by atoms with E-state index in [1.807, 2.05) is 6.07 Å². The summed E-state index contributed by atoms with van der Waals surface area (Å²) < 4.78 is 0. The number of hydrogen-bond acceptors (Lipinski definition) is 1. The zero-order valence-corrected chi connectivity index (χ0v) is 12.6. The van der Waals surface area contributed by atoms with Gasteiger partial charge in [-0.15, -0.1) is 12.1 Å². The second kappa shape index (κ2) is 6.78. The molecule has 0 unspecified atom stereocenters. The van der Waals surface area contributed by atoms with Gasteiger partial charge in [-0.1, -0.05) is 18.9 Å². The minimum absolute atomic E-state index is 0. The Bertz CT molecular complexity index is 316. The van der Waals surface area contributed by atoms with E-state index in [0.29, 0.717) is 6.04 Å². The van der Waals surface area contributed by atoms with Crippen LogP contribution in [-0.2, 0) is 39.1 Å². The van der Waals surface area contributed by atoms with E-state index >= 15 is 0 Å². The summed E-state index contributed by atoms with van der Waals surface area (Å²) in [5, 5.41) is 0. The van der Waals surface area contributed by atoms with Crippen molar-refractivity contribution in [3.05, 3.63) is 48.2 Å². The molecule has 0 bridgehead atoms. The second-order valence-electron chi connectivity index (χ2n) is 4.53. The first-order chi connectivity index (χ1) is 7.25. The van der Waals surface area contributed by atoms with Crippen LogP contribution >= 0.6 is 0 Å². The van der Waals surface area contributed by atoms with Crippen molar-refractivity contribution in [2.75, 3.05) is 0 Å². The predicted molar refractivity (Wildman–Crippen MR) is 64.3 cm³/mol. The van der Waals surface area contributed by atoms with Crippen molar-refractivity contribution >= 4 is 0 Å². The smallest absolute Gasteiger partial charge is 0 e. The topological polar surface area (TPSA) is 26.0 Å². The predicted octanol–water partition coefficient (Wildman–Crippen LogP) is 2.88. The molecule has 0 amide bonds. The molecule has 0 aliphatic heterocycles. The van der Waals surface area contributed by atoms with E-state index in [1.54, 1.807) is 5.92 Å². The van der Waals surface area contributed by atoms with Crippen molar-refractivity contribution in [3.63, 3.8) is 0 Å². The van der Waals surface area contributed by atoms with Crippen LogP contribution in [0.5, 0.6) is 0 Å². The fourth-order valence-corrected chi connectivity index (χ4v) is 2.22. The van der Waals surface area contributed by atoms with E-state index in [4.69, 9.17) is 5.73 Å². The average Bonchev–Trinajstić information content (AvgIpc) is 2.25. The van der Waals surface area contributed by atoms with Gasteiger partial charge in [-0.2, -0.15) is 43.4 Å². The fourth-order valence-electron chi connectivity index (χ4n) is 2.22. The maximum Gasteiger partial charge on any atom is 0 e. The Morgan fingerprint density at radius 1 is 1.25 bits per heavy atom. The summed E-state index contributed by atoms with van der Waals surface area (Å²) in [6, 6.07) is 8.85. The Labute approximate surface area is 124 Å². The van der Waals surface area contributed by atoms with Crippen molar-refractivity contribution in [1.82, 2.24) is 0 Å². The average molecular weight is 290 g/mol. The van der Waals surface area contributed by atoms with Gasteiger partial charge in [-0.05, 0) is 6.04 Å². The van der Waals surface area contributed by atoms with Crippen LogP contribution in [0.1, 0.15) is 36.8 Å². The summed E-state index contributed by atoms with van der Waals surface area (Å²) in [5.74, 6) is 1.65. The van der Waals surface area contributed by atoms with Crippen LogP contribution in [0, 0.1) is 12.8 Å². The summed E-state index contributed by atoms with van der Waals surface area (Å²) in [4.78, 5) is 0. The van der Waals surface area contributed by atoms with Crippen molar-refractivity contribution < 1.29 is 32.7 Å². The van der Waals surface area contributed by atoms with Crippen molar-refractivity contribution in [2.45, 2.75) is 38.1 Å². The van der Waals surface area contributed by atoms with E-state index in [2.05, 4.69) is 25.1 Å². The zero-order chi connectivity index (χ0) is 10.7. The summed E-state index contributed by atoms with van der Waals surface area (Å²) in [5.41, 5.74) is 8.44. The van der Waals surface area contributed by atoms with Gasteiger partial charge in [-0.3, -0.25) is 0 Å². The summed E-state index contributed by atoms with van der Waals surface area (Å²) >= 11 is 0. The Hall–Kier alpha value is 0.154. The molecule has 1 radical (unpaired) electrons. The summed E-state index contributed by atoms with van der Waals surface area (Å²) in [6.07, 6.45) is 5.83. The van der Waals surface area contributed by atoms with Crippen LogP contribution in [-0.4, -0.2) is 6.04 Å². The molecule has 85 valence electrons. The first-order valence-corrected chi connectivity index (χ1v) is 5.74. The molecule has 1 saturated carbocycles. The number of rotatable bonds is 2. The zero-order valence-electron chi connectivity index (χ0n) is 9.78. The molecule has 0 heterocycles. The third kappa shape index (κ3) is 3.87. The van der Waals surface area contributed by atoms with Gasteiger partial charge in [-0.25, -0.2) is 0 Å². The van der Waals surface area contributed by atoms with Crippen LogP contribution in [0.2, 0.25) is 0 Å². The van der Waals surface area contributed by atoms with E-state index < -0.39 is 0 Å². The van der Waals surface area contributed by atoms with Crippen LogP contribution in [0.3, 0.4) is 0 Å². The molecule has 16 heavy (non-hydrogen) atoms. The Morgan fingerprint density at radius 2 is 1.88 bits per heavy atom. The molecule has 2 heteroatoms. The SMILES string of the molecule is [CH2-]c1ccccc1C[C-]1CCC(N)CC1.[Y]. The minimum atomic E-state index is 0. The molecule has 0 saturated heterocycles. The molecule has 2 N–H and O–H groups in total. The second-order valence-corrected chi connectivity index (χ2v) is 4.53. The van der Waals surface area contributed by atoms with Crippen molar-refractivity contribution in [2.24, 2.45) is 5.73 Å². The molecule has 1 aliphatic carbocycles. The molecule has 1 aliphatic rings. The van der Waals surface area contributed by atoms with Gasteiger partial charge in [0.2, 0.25) is 0 Å². The molecule has 1 aromatic rings. The Balaban J connectivity index is 0.00000128. The van der Waals surface area contributed by atoms with Crippen LogP contribution in [0.15, 0.2) is 24.3 Å². The molecule has 2 rings (SSSR count). The molecular formula is C14H19NY-2. The third-order valence-electron chi connectivity index (χ3n) is 3.30. The Morgan fingerprint density at radius 3 is 2.50 bits per heavy atom. The maximum absolute atomic E-state index is 5.89. The van der Waals surface area contributed by atoms with Gasteiger partial charge in [0.25, 0.3) is 0 Å². The first kappa shape index (κ1) is 14.2. The molecule has 0 aromatic heterocycles. The molecule has 1 fully saturated rings. The van der Waals surface area contributed by atoms with Crippen LogP contribution in [0.25, 0.3) is 0 Å². The number of hydrogen-bond donors (Lipinski definition) is 1. The van der Waals surface area contributed by atoms with E-state index in [-0.39, 0.29) is 32.7 Å². The van der Waals surface area contributed by atoms with Crippen molar-refractivity contribution in [1.29, 1.82) is 0 Å². The van der Waals surface area contributed by atoms with E-state index in [0.717, 1.165) is 19.3 Å². The van der Waals surface area contributed by atoms with Gasteiger partial charge in [0.1, 0.15) is 0 Å². The van der Waals surface area contributed by atoms with Crippen molar-refractivity contribution in [3.8, 4) is 0 Å². The molecule has 1 nitrogen and oxygen atoms in total. The normalized spacial score (nSPS) is 18.1.